The molecule has 1 saturated heterocycles. The van der Waals surface area contributed by atoms with Crippen LogP contribution in [0.25, 0.3) is 0 Å². The Morgan fingerprint density at radius 3 is 2.09 bits per heavy atom. The number of benzene rings is 3. The number of nitrogens with one attached hydrogen (secondary N) is 1. The van der Waals surface area contributed by atoms with Gasteiger partial charge in [0.15, 0.2) is 5.11 Å². The van der Waals surface area contributed by atoms with Crippen LogP contribution in [0, 0.1) is 5.82 Å². The number of halogens is 1. The van der Waals surface area contributed by atoms with E-state index in [2.05, 4.69) is 5.32 Å². The van der Waals surface area contributed by atoms with Gasteiger partial charge in [-0.15, -0.1) is 0 Å². The van der Waals surface area contributed by atoms with Crippen LogP contribution in [0.4, 0.5) is 15.8 Å². The molecule has 0 saturated carbocycles. The zero-order valence-electron chi connectivity index (χ0n) is 19.2. The van der Waals surface area contributed by atoms with Gasteiger partial charge in [0.2, 0.25) is 5.91 Å². The van der Waals surface area contributed by atoms with Gasteiger partial charge in [-0.2, -0.15) is 0 Å². The first-order valence-electron chi connectivity index (χ1n) is 10.9. The third kappa shape index (κ3) is 5.41. The summed E-state index contributed by atoms with van der Waals surface area (Å²) in [6.45, 7) is 0.312. The molecule has 0 aliphatic carbocycles. The molecular weight excluding hydrogens is 469 g/mol. The fourth-order valence-corrected chi connectivity index (χ4v) is 4.22. The van der Waals surface area contributed by atoms with Gasteiger partial charge in [-0.05, 0) is 78.4 Å². The quantitative estimate of drug-likeness (QED) is 0.470. The van der Waals surface area contributed by atoms with Crippen molar-refractivity contribution in [2.75, 3.05) is 24.4 Å². The highest BCUT2D eigenvalue weighted by atomic mass is 32.1. The number of hydrogen-bond donors (Lipinski definition) is 1. The van der Waals surface area contributed by atoms with Gasteiger partial charge in [0.1, 0.15) is 23.4 Å². The van der Waals surface area contributed by atoms with Crippen molar-refractivity contribution in [3.05, 3.63) is 84.2 Å². The minimum atomic E-state index is -0.826. The van der Waals surface area contributed by atoms with Gasteiger partial charge < -0.3 is 19.7 Å². The van der Waals surface area contributed by atoms with E-state index < -0.39 is 11.9 Å². The van der Waals surface area contributed by atoms with Crippen molar-refractivity contribution in [1.82, 2.24) is 4.90 Å². The summed E-state index contributed by atoms with van der Waals surface area (Å²) in [6, 6.07) is 19.0. The molecule has 1 N–H and O–H groups in total. The number of rotatable bonds is 8. The molecule has 35 heavy (non-hydrogen) atoms. The second-order valence-corrected chi connectivity index (χ2v) is 8.27. The first-order valence-corrected chi connectivity index (χ1v) is 11.3. The van der Waals surface area contributed by atoms with Gasteiger partial charge in [-0.25, -0.2) is 4.39 Å². The summed E-state index contributed by atoms with van der Waals surface area (Å²) in [5.41, 5.74) is 1.92. The van der Waals surface area contributed by atoms with Gasteiger partial charge in [0, 0.05) is 12.2 Å². The van der Waals surface area contributed by atoms with E-state index in [9.17, 15) is 14.0 Å². The van der Waals surface area contributed by atoms with Crippen molar-refractivity contribution in [1.29, 1.82) is 0 Å². The number of nitrogens with zero attached hydrogens (tertiary/aromatic N) is 2. The molecule has 0 spiro atoms. The van der Waals surface area contributed by atoms with Crippen LogP contribution in [0.5, 0.6) is 11.5 Å². The van der Waals surface area contributed by atoms with E-state index in [4.69, 9.17) is 21.7 Å². The monoisotopic (exact) mass is 493 g/mol. The molecule has 0 aromatic heterocycles. The van der Waals surface area contributed by atoms with Crippen LogP contribution in [0.3, 0.4) is 0 Å². The summed E-state index contributed by atoms with van der Waals surface area (Å²) in [4.78, 5) is 29.4. The van der Waals surface area contributed by atoms with E-state index in [0.29, 0.717) is 29.4 Å². The molecule has 4 rings (SSSR count). The number of amides is 2. The standard InChI is InChI=1S/C26H24FN3O4S/c1-33-21-11-3-17(4-12-21)16-29-23(15-24(31)28-19-7-13-22(34-2)14-8-19)25(32)30(26(29)35)20-9-5-18(27)6-10-20/h3-14,23H,15-16H2,1-2H3,(H,28,31). The lowest BCUT2D eigenvalue weighted by Gasteiger charge is -2.24. The number of carbonyl (C=O) groups is 2. The summed E-state index contributed by atoms with van der Waals surface area (Å²) in [6.07, 6.45) is -0.112. The largest absolute Gasteiger partial charge is 0.497 e. The number of methoxy groups -OCH3 is 2. The van der Waals surface area contributed by atoms with E-state index in [1.807, 2.05) is 24.3 Å². The molecule has 180 valence electrons. The van der Waals surface area contributed by atoms with E-state index in [1.54, 1.807) is 43.4 Å². The molecule has 1 unspecified atom stereocenters. The highest BCUT2D eigenvalue weighted by Gasteiger charge is 2.44. The van der Waals surface area contributed by atoms with Crippen LogP contribution < -0.4 is 19.7 Å². The maximum Gasteiger partial charge on any atom is 0.256 e. The minimum Gasteiger partial charge on any atom is -0.497 e. The summed E-state index contributed by atoms with van der Waals surface area (Å²) in [5, 5.41) is 3.07. The van der Waals surface area contributed by atoms with Crippen molar-refractivity contribution in [3.63, 3.8) is 0 Å². The maximum absolute atomic E-state index is 13.5. The van der Waals surface area contributed by atoms with E-state index >= 15 is 0 Å². The second kappa shape index (κ2) is 10.5. The number of thiocarbonyl (C=S) groups is 1. The molecule has 1 heterocycles. The number of carbonyl (C=O) groups excluding carboxylic acids is 2. The third-order valence-electron chi connectivity index (χ3n) is 5.67. The molecule has 7 nitrogen and oxygen atoms in total. The molecule has 9 heteroatoms. The Bertz CT molecular complexity index is 1220. The molecule has 0 bridgehead atoms. The zero-order chi connectivity index (χ0) is 24.9. The molecule has 3 aromatic carbocycles. The van der Waals surface area contributed by atoms with E-state index in [-0.39, 0.29) is 23.3 Å². The van der Waals surface area contributed by atoms with Crippen LogP contribution in [0.15, 0.2) is 72.8 Å². The Morgan fingerprint density at radius 2 is 1.51 bits per heavy atom. The van der Waals surface area contributed by atoms with Gasteiger partial charge in [0.25, 0.3) is 5.91 Å². The smallest absolute Gasteiger partial charge is 0.256 e. The van der Waals surface area contributed by atoms with Crippen LogP contribution in [-0.4, -0.2) is 42.1 Å². The fourth-order valence-electron chi connectivity index (χ4n) is 3.83. The van der Waals surface area contributed by atoms with Gasteiger partial charge in [0.05, 0.1) is 26.3 Å². The molecule has 1 fully saturated rings. The third-order valence-corrected chi connectivity index (χ3v) is 6.09. The Hall–Kier alpha value is -3.98. The van der Waals surface area contributed by atoms with Crippen LogP contribution in [0.2, 0.25) is 0 Å². The predicted molar refractivity (Wildman–Crippen MR) is 135 cm³/mol. The minimum absolute atomic E-state index is 0.112. The average molecular weight is 494 g/mol. The zero-order valence-corrected chi connectivity index (χ0v) is 20.0. The van der Waals surface area contributed by atoms with E-state index in [0.717, 1.165) is 5.56 Å². The molecule has 1 aliphatic rings. The van der Waals surface area contributed by atoms with Gasteiger partial charge >= 0.3 is 0 Å². The van der Waals surface area contributed by atoms with Crippen LogP contribution >= 0.6 is 12.2 Å². The van der Waals surface area contributed by atoms with Crippen molar-refractivity contribution >= 4 is 40.5 Å². The Labute approximate surface area is 208 Å². The van der Waals surface area contributed by atoms with Crippen molar-refractivity contribution < 1.29 is 23.5 Å². The molecule has 0 radical (unpaired) electrons. The van der Waals surface area contributed by atoms with Crippen LogP contribution in [-0.2, 0) is 16.1 Å². The van der Waals surface area contributed by atoms with Crippen molar-refractivity contribution in [3.8, 4) is 11.5 Å². The molecular formula is C26H24FN3O4S. The lowest BCUT2D eigenvalue weighted by atomic mass is 10.1. The summed E-state index contributed by atoms with van der Waals surface area (Å²) in [5.74, 6) is 0.269. The lowest BCUT2D eigenvalue weighted by Crippen LogP contribution is -2.37. The lowest BCUT2D eigenvalue weighted by molar-refractivity contribution is -0.124. The van der Waals surface area contributed by atoms with Gasteiger partial charge in [-0.1, -0.05) is 12.1 Å². The first kappa shape index (κ1) is 24.2. The summed E-state index contributed by atoms with van der Waals surface area (Å²) in [7, 11) is 3.15. The van der Waals surface area contributed by atoms with Crippen molar-refractivity contribution in [2.45, 2.75) is 19.0 Å². The SMILES string of the molecule is COc1ccc(CN2C(=S)N(c3ccc(F)cc3)C(=O)C2CC(=O)Nc2ccc(OC)cc2)cc1. The molecule has 1 atom stereocenters. The fraction of sp³-hybridized carbons (Fsp3) is 0.192. The Balaban J connectivity index is 1.58. The molecule has 1 aliphatic heterocycles. The Morgan fingerprint density at radius 1 is 0.943 bits per heavy atom. The average Bonchev–Trinajstić information content (AvgIpc) is 3.09. The number of hydrogen-bond acceptors (Lipinski definition) is 5. The number of anilines is 2. The van der Waals surface area contributed by atoms with Crippen LogP contribution in [0.1, 0.15) is 12.0 Å². The highest BCUT2D eigenvalue weighted by molar-refractivity contribution is 7.80. The normalized spacial score (nSPS) is 15.3. The maximum atomic E-state index is 13.5. The topological polar surface area (TPSA) is 71.1 Å². The molecule has 3 aromatic rings. The summed E-state index contributed by atoms with van der Waals surface area (Å²) < 4.78 is 23.8. The summed E-state index contributed by atoms with van der Waals surface area (Å²) >= 11 is 5.66. The second-order valence-electron chi connectivity index (χ2n) is 7.91. The van der Waals surface area contributed by atoms with Gasteiger partial charge in [-0.3, -0.25) is 14.5 Å². The molecule has 2 amide bonds. The highest BCUT2D eigenvalue weighted by Crippen LogP contribution is 2.29. The van der Waals surface area contributed by atoms with E-state index in [1.165, 1.54) is 29.2 Å². The predicted octanol–water partition coefficient (Wildman–Crippen LogP) is 4.37. The number of ether oxygens (including phenoxy) is 2. The Kier molecular flexibility index (Phi) is 7.26. The first-order chi connectivity index (χ1) is 16.9. The van der Waals surface area contributed by atoms with Crippen molar-refractivity contribution in [2.24, 2.45) is 0 Å².